The maximum Gasteiger partial charge on any atom is 0.168 e. The largest absolute Gasteiger partial charge is 0.493 e. The van der Waals surface area contributed by atoms with Crippen molar-refractivity contribution in [2.24, 2.45) is 5.92 Å². The molecule has 0 radical (unpaired) electrons. The van der Waals surface area contributed by atoms with Crippen LogP contribution in [0.1, 0.15) is 36.8 Å². The van der Waals surface area contributed by atoms with Crippen LogP contribution in [0.4, 0.5) is 0 Å². The van der Waals surface area contributed by atoms with Crippen molar-refractivity contribution >= 4 is 0 Å². The number of hydrogen-bond donors (Lipinski definition) is 0. The number of benzene rings is 2. The molecule has 8 nitrogen and oxygen atoms in total. The van der Waals surface area contributed by atoms with Gasteiger partial charge in [-0.1, -0.05) is 50.2 Å². The van der Waals surface area contributed by atoms with Crippen LogP contribution in [-0.2, 0) is 19.5 Å². The third-order valence-corrected chi connectivity index (χ3v) is 6.57. The highest BCUT2D eigenvalue weighted by molar-refractivity contribution is 5.42. The van der Waals surface area contributed by atoms with Crippen LogP contribution in [-0.4, -0.2) is 70.4 Å². The molecule has 1 fully saturated rings. The van der Waals surface area contributed by atoms with Gasteiger partial charge < -0.3 is 9.47 Å². The zero-order valence-electron chi connectivity index (χ0n) is 20.7. The van der Waals surface area contributed by atoms with Gasteiger partial charge in [-0.15, -0.1) is 5.10 Å². The maximum atomic E-state index is 5.45. The molecular formula is C26H36N6O2. The summed E-state index contributed by atoms with van der Waals surface area (Å²) in [4.78, 5) is 5.08. The molecule has 182 valence electrons. The first-order valence-corrected chi connectivity index (χ1v) is 12.1. The van der Waals surface area contributed by atoms with E-state index in [1.807, 2.05) is 16.8 Å². The van der Waals surface area contributed by atoms with Crippen molar-refractivity contribution in [3.63, 3.8) is 0 Å². The van der Waals surface area contributed by atoms with Crippen molar-refractivity contribution in [3.8, 4) is 11.5 Å². The summed E-state index contributed by atoms with van der Waals surface area (Å²) in [6.07, 6.45) is 0.814. The van der Waals surface area contributed by atoms with Crippen LogP contribution in [0.2, 0.25) is 0 Å². The van der Waals surface area contributed by atoms with E-state index in [4.69, 9.17) is 9.47 Å². The highest BCUT2D eigenvalue weighted by Gasteiger charge is 2.31. The van der Waals surface area contributed by atoms with Gasteiger partial charge in [-0.25, -0.2) is 4.68 Å². The zero-order chi connectivity index (χ0) is 23.9. The lowest BCUT2D eigenvalue weighted by molar-refractivity contribution is 0.0662. The second-order valence-electron chi connectivity index (χ2n) is 9.19. The number of nitrogens with zero attached hydrogens (tertiary/aromatic N) is 6. The summed E-state index contributed by atoms with van der Waals surface area (Å²) in [5, 5.41) is 12.9. The Hall–Kier alpha value is -2.97. The van der Waals surface area contributed by atoms with Crippen molar-refractivity contribution in [2.45, 2.75) is 39.4 Å². The number of aromatic nitrogens is 4. The van der Waals surface area contributed by atoms with Crippen LogP contribution in [0.15, 0.2) is 48.5 Å². The Morgan fingerprint density at radius 3 is 2.29 bits per heavy atom. The molecule has 8 heteroatoms. The first-order chi connectivity index (χ1) is 16.6. The normalized spacial score (nSPS) is 16.0. The molecule has 0 amide bonds. The van der Waals surface area contributed by atoms with Gasteiger partial charge in [-0.3, -0.25) is 9.80 Å². The standard InChI is InChI=1S/C26H36N6O2/c1-20(2)25(31-16-14-30(15-17-31)19-22-8-6-5-7-9-22)26-27-28-29-32(26)13-12-21-10-11-23(33-3)24(18-21)34-4/h5-11,18,20,25H,12-17,19H2,1-4H3. The summed E-state index contributed by atoms with van der Waals surface area (Å²) < 4.78 is 12.8. The van der Waals surface area contributed by atoms with E-state index in [0.717, 1.165) is 68.6 Å². The van der Waals surface area contributed by atoms with Crippen LogP contribution in [0.5, 0.6) is 11.5 Å². The minimum Gasteiger partial charge on any atom is -0.493 e. The number of methoxy groups -OCH3 is 2. The Balaban J connectivity index is 1.40. The fraction of sp³-hybridized carbons (Fsp3) is 0.500. The Morgan fingerprint density at radius 1 is 0.882 bits per heavy atom. The van der Waals surface area contributed by atoms with E-state index in [0.29, 0.717) is 5.92 Å². The summed E-state index contributed by atoms with van der Waals surface area (Å²) >= 11 is 0. The molecule has 0 bridgehead atoms. The van der Waals surface area contributed by atoms with Crippen molar-refractivity contribution in [1.29, 1.82) is 0 Å². The molecule has 1 saturated heterocycles. The molecule has 1 aliphatic rings. The van der Waals surface area contributed by atoms with Crippen LogP contribution < -0.4 is 9.47 Å². The third kappa shape index (κ3) is 5.74. The van der Waals surface area contributed by atoms with Gasteiger partial charge in [0.15, 0.2) is 17.3 Å². The lowest BCUT2D eigenvalue weighted by Gasteiger charge is -2.40. The van der Waals surface area contributed by atoms with Crippen LogP contribution in [0, 0.1) is 5.92 Å². The highest BCUT2D eigenvalue weighted by Crippen LogP contribution is 2.30. The lowest BCUT2D eigenvalue weighted by Crippen LogP contribution is -2.48. The van der Waals surface area contributed by atoms with E-state index in [1.165, 1.54) is 5.56 Å². The molecule has 0 aliphatic carbocycles. The van der Waals surface area contributed by atoms with Crippen LogP contribution >= 0.6 is 0 Å². The van der Waals surface area contributed by atoms with Crippen LogP contribution in [0.3, 0.4) is 0 Å². The van der Waals surface area contributed by atoms with E-state index in [1.54, 1.807) is 14.2 Å². The topological polar surface area (TPSA) is 68.5 Å². The Kier molecular flexibility index (Phi) is 8.13. The molecule has 3 aromatic rings. The molecule has 0 spiro atoms. The summed E-state index contributed by atoms with van der Waals surface area (Å²) in [5.74, 6) is 2.84. The summed E-state index contributed by atoms with van der Waals surface area (Å²) in [5.41, 5.74) is 2.53. The Labute approximate surface area is 202 Å². The monoisotopic (exact) mass is 464 g/mol. The van der Waals surface area contributed by atoms with E-state index < -0.39 is 0 Å². The first-order valence-electron chi connectivity index (χ1n) is 12.1. The van der Waals surface area contributed by atoms with Gasteiger partial charge in [0.25, 0.3) is 0 Å². The quantitative estimate of drug-likeness (QED) is 0.455. The predicted molar refractivity (Wildman–Crippen MR) is 132 cm³/mol. The van der Waals surface area contributed by atoms with Gasteiger partial charge in [-0.05, 0) is 46.0 Å². The van der Waals surface area contributed by atoms with Crippen LogP contribution in [0.25, 0.3) is 0 Å². The smallest absolute Gasteiger partial charge is 0.168 e. The second kappa shape index (κ2) is 11.4. The summed E-state index contributed by atoms with van der Waals surface area (Å²) in [7, 11) is 3.31. The molecule has 34 heavy (non-hydrogen) atoms. The van der Waals surface area contributed by atoms with Crippen molar-refractivity contribution < 1.29 is 9.47 Å². The molecule has 4 rings (SSSR count). The minimum atomic E-state index is 0.194. The highest BCUT2D eigenvalue weighted by atomic mass is 16.5. The van der Waals surface area contributed by atoms with Crippen molar-refractivity contribution in [3.05, 3.63) is 65.5 Å². The molecule has 0 saturated carbocycles. The molecule has 2 heterocycles. The van der Waals surface area contributed by atoms with Crippen molar-refractivity contribution in [1.82, 2.24) is 30.0 Å². The zero-order valence-corrected chi connectivity index (χ0v) is 20.7. The minimum absolute atomic E-state index is 0.194. The molecule has 0 N–H and O–H groups in total. The average Bonchev–Trinajstić information content (AvgIpc) is 3.32. The first kappa shape index (κ1) is 24.2. The van der Waals surface area contributed by atoms with Gasteiger partial charge in [-0.2, -0.15) is 0 Å². The number of rotatable bonds is 10. The third-order valence-electron chi connectivity index (χ3n) is 6.57. The molecular weight excluding hydrogens is 428 g/mol. The predicted octanol–water partition coefficient (Wildman–Crippen LogP) is 3.45. The molecule has 1 unspecified atom stereocenters. The fourth-order valence-electron chi connectivity index (χ4n) is 4.78. The molecule has 1 aromatic heterocycles. The van der Waals surface area contributed by atoms with Gasteiger partial charge in [0.2, 0.25) is 0 Å². The Bertz CT molecular complexity index is 1030. The molecule has 1 aliphatic heterocycles. The SMILES string of the molecule is COc1ccc(CCn2nnnc2C(C(C)C)N2CCN(Cc3ccccc3)CC2)cc1OC. The lowest BCUT2D eigenvalue weighted by atomic mass is 10.0. The van der Waals surface area contributed by atoms with Gasteiger partial charge >= 0.3 is 0 Å². The maximum absolute atomic E-state index is 5.45. The van der Waals surface area contributed by atoms with E-state index >= 15 is 0 Å². The number of hydrogen-bond acceptors (Lipinski definition) is 7. The summed E-state index contributed by atoms with van der Waals surface area (Å²) in [6.45, 7) is 10.4. The average molecular weight is 465 g/mol. The van der Waals surface area contributed by atoms with E-state index in [2.05, 4.69) is 75.6 Å². The number of ether oxygens (including phenoxy) is 2. The van der Waals surface area contributed by atoms with Gasteiger partial charge in [0, 0.05) is 39.3 Å². The van der Waals surface area contributed by atoms with Gasteiger partial charge in [0.1, 0.15) is 0 Å². The summed E-state index contributed by atoms with van der Waals surface area (Å²) in [6, 6.07) is 16.9. The molecule has 2 aromatic carbocycles. The Morgan fingerprint density at radius 2 is 1.62 bits per heavy atom. The number of aryl methyl sites for hydroxylation is 2. The second-order valence-corrected chi connectivity index (χ2v) is 9.19. The fourth-order valence-corrected chi connectivity index (χ4v) is 4.78. The number of piperazine rings is 1. The van der Waals surface area contributed by atoms with Crippen molar-refractivity contribution in [2.75, 3.05) is 40.4 Å². The molecule has 1 atom stereocenters. The van der Waals surface area contributed by atoms with E-state index in [9.17, 15) is 0 Å². The van der Waals surface area contributed by atoms with Gasteiger partial charge in [0.05, 0.1) is 20.3 Å². The van der Waals surface area contributed by atoms with E-state index in [-0.39, 0.29) is 6.04 Å². The number of tetrazole rings is 1.